The summed E-state index contributed by atoms with van der Waals surface area (Å²) in [6.07, 6.45) is 0. The lowest BCUT2D eigenvalue weighted by atomic mass is 9.87. The summed E-state index contributed by atoms with van der Waals surface area (Å²) in [7, 11) is 0. The van der Waals surface area contributed by atoms with E-state index in [2.05, 4.69) is 54.4 Å². The van der Waals surface area contributed by atoms with Crippen molar-refractivity contribution in [3.63, 3.8) is 0 Å². The van der Waals surface area contributed by atoms with Crippen LogP contribution in [0.4, 0.5) is 17.1 Å². The molecule has 21 heavy (non-hydrogen) atoms. The average Bonchev–Trinajstić information content (AvgIpc) is 2.71. The Bertz CT molecular complexity index is 694. The molecule has 0 amide bonds. The van der Waals surface area contributed by atoms with Crippen LogP contribution in [0.3, 0.4) is 0 Å². The molecule has 0 saturated carbocycles. The minimum Gasteiger partial charge on any atom is -0.376 e. The first-order chi connectivity index (χ1) is 9.99. The van der Waals surface area contributed by atoms with Crippen molar-refractivity contribution in [2.75, 3.05) is 16.8 Å². The lowest BCUT2D eigenvalue weighted by Crippen LogP contribution is -2.26. The van der Waals surface area contributed by atoms with E-state index in [4.69, 9.17) is 18.0 Å². The molecule has 0 fully saturated rings. The summed E-state index contributed by atoms with van der Waals surface area (Å²) in [5.41, 5.74) is 10.4. The first-order valence-corrected chi connectivity index (χ1v) is 7.42. The highest BCUT2D eigenvalue weighted by Gasteiger charge is 2.35. The molecule has 0 aromatic heterocycles. The van der Waals surface area contributed by atoms with Gasteiger partial charge in [0, 0.05) is 17.6 Å². The molecule has 108 valence electrons. The van der Waals surface area contributed by atoms with Crippen LogP contribution in [0, 0.1) is 0 Å². The van der Waals surface area contributed by atoms with Crippen LogP contribution in [0.2, 0.25) is 0 Å². The molecule has 0 aliphatic carbocycles. The van der Waals surface area contributed by atoms with Gasteiger partial charge >= 0.3 is 0 Å². The molecule has 2 aromatic carbocycles. The number of fused-ring (bicyclic) bond motifs is 1. The number of anilines is 3. The van der Waals surface area contributed by atoms with Gasteiger partial charge in [0.05, 0.1) is 11.4 Å². The zero-order chi connectivity index (χ0) is 15.0. The number of nitrogens with two attached hydrogens (primary N) is 1. The Labute approximate surface area is 130 Å². The number of benzene rings is 2. The molecule has 1 aliphatic rings. The summed E-state index contributed by atoms with van der Waals surface area (Å²) < 4.78 is 0. The van der Waals surface area contributed by atoms with Gasteiger partial charge in [-0.25, -0.2) is 0 Å². The summed E-state index contributed by atoms with van der Waals surface area (Å²) in [5, 5.41) is 3.36. The predicted octanol–water partition coefficient (Wildman–Crippen LogP) is 3.77. The Morgan fingerprint density at radius 2 is 1.71 bits per heavy atom. The number of nitrogens with one attached hydrogen (secondary N) is 1. The van der Waals surface area contributed by atoms with Crippen molar-refractivity contribution in [1.82, 2.24) is 0 Å². The molecule has 2 aromatic rings. The smallest absolute Gasteiger partial charge is 0.168 e. The van der Waals surface area contributed by atoms with Crippen LogP contribution in [-0.4, -0.2) is 11.7 Å². The van der Waals surface area contributed by atoms with Gasteiger partial charge in [0.25, 0.3) is 0 Å². The molecule has 0 saturated heterocycles. The van der Waals surface area contributed by atoms with Gasteiger partial charge in [-0.3, -0.25) is 0 Å². The highest BCUT2D eigenvalue weighted by molar-refractivity contribution is 7.80. The summed E-state index contributed by atoms with van der Waals surface area (Å²) in [5.74, 6) is 0. The molecule has 0 spiro atoms. The maximum atomic E-state index is 5.64. The van der Waals surface area contributed by atoms with Crippen molar-refractivity contribution in [1.29, 1.82) is 0 Å². The third kappa shape index (κ3) is 2.47. The van der Waals surface area contributed by atoms with Gasteiger partial charge in [-0.2, -0.15) is 0 Å². The molecule has 1 aliphatic heterocycles. The molecule has 3 N–H and O–H groups in total. The minimum atomic E-state index is 0.118. The predicted molar refractivity (Wildman–Crippen MR) is 93.3 cm³/mol. The molecule has 3 rings (SSSR count). The van der Waals surface area contributed by atoms with E-state index in [0.717, 1.165) is 17.9 Å². The lowest BCUT2D eigenvalue weighted by molar-refractivity contribution is 0.569. The first kappa shape index (κ1) is 13.9. The fraction of sp³-hybridized carbons (Fsp3) is 0.235. The number of hydrogen-bond donors (Lipinski definition) is 2. The van der Waals surface area contributed by atoms with Crippen LogP contribution in [0.25, 0.3) is 0 Å². The topological polar surface area (TPSA) is 41.3 Å². The Balaban J connectivity index is 2.09. The van der Waals surface area contributed by atoms with E-state index < -0.39 is 0 Å². The number of rotatable bonds is 2. The number of para-hydroxylation sites is 3. The van der Waals surface area contributed by atoms with Gasteiger partial charge < -0.3 is 16.0 Å². The zero-order valence-electron chi connectivity index (χ0n) is 12.3. The van der Waals surface area contributed by atoms with Gasteiger partial charge in [-0.05, 0) is 36.0 Å². The Morgan fingerprint density at radius 3 is 2.43 bits per heavy atom. The standard InChI is InChI=1S/C17H19N3S/c1-17(2)11-20(14-9-5-3-7-12(14)17)15-10-6-4-8-13(15)19-16(18)21/h3-10H,11H2,1-2H3,(H3,18,19,21). The second kappa shape index (κ2) is 5.04. The van der Waals surface area contributed by atoms with E-state index >= 15 is 0 Å². The highest BCUT2D eigenvalue weighted by Crippen LogP contribution is 2.45. The summed E-state index contributed by atoms with van der Waals surface area (Å²) in [4.78, 5) is 2.33. The van der Waals surface area contributed by atoms with Crippen LogP contribution in [-0.2, 0) is 5.41 Å². The summed E-state index contributed by atoms with van der Waals surface area (Å²) in [6, 6.07) is 16.7. The van der Waals surface area contributed by atoms with Gasteiger partial charge in [0.2, 0.25) is 0 Å². The second-order valence-corrected chi connectivity index (χ2v) is 6.43. The normalized spacial score (nSPS) is 15.6. The third-order valence-electron chi connectivity index (χ3n) is 3.93. The van der Waals surface area contributed by atoms with E-state index in [1.807, 2.05) is 18.2 Å². The van der Waals surface area contributed by atoms with Gasteiger partial charge in [0.1, 0.15) is 0 Å². The number of nitrogens with zero attached hydrogens (tertiary/aromatic N) is 1. The third-order valence-corrected chi connectivity index (χ3v) is 4.03. The van der Waals surface area contributed by atoms with Crippen LogP contribution in [0.15, 0.2) is 48.5 Å². The summed E-state index contributed by atoms with van der Waals surface area (Å²) in [6.45, 7) is 5.48. The molecule has 0 bridgehead atoms. The van der Waals surface area contributed by atoms with Crippen LogP contribution >= 0.6 is 12.2 Å². The quantitative estimate of drug-likeness (QED) is 0.828. The Kier molecular flexibility index (Phi) is 3.33. The van der Waals surface area contributed by atoms with E-state index in [-0.39, 0.29) is 10.5 Å². The van der Waals surface area contributed by atoms with Gasteiger partial charge in [-0.1, -0.05) is 44.2 Å². The Morgan fingerprint density at radius 1 is 1.10 bits per heavy atom. The van der Waals surface area contributed by atoms with Crippen molar-refractivity contribution in [2.24, 2.45) is 5.73 Å². The molecule has 1 heterocycles. The fourth-order valence-corrected chi connectivity index (χ4v) is 3.12. The zero-order valence-corrected chi connectivity index (χ0v) is 13.1. The highest BCUT2D eigenvalue weighted by atomic mass is 32.1. The second-order valence-electron chi connectivity index (χ2n) is 5.99. The van der Waals surface area contributed by atoms with Crippen molar-refractivity contribution in [2.45, 2.75) is 19.3 Å². The van der Waals surface area contributed by atoms with E-state index in [1.54, 1.807) is 0 Å². The van der Waals surface area contributed by atoms with E-state index in [9.17, 15) is 0 Å². The van der Waals surface area contributed by atoms with Crippen LogP contribution in [0.5, 0.6) is 0 Å². The molecule has 3 nitrogen and oxygen atoms in total. The van der Waals surface area contributed by atoms with Crippen LogP contribution in [0.1, 0.15) is 19.4 Å². The van der Waals surface area contributed by atoms with E-state index in [0.29, 0.717) is 0 Å². The number of thiocarbonyl (C=S) groups is 1. The molecule has 0 radical (unpaired) electrons. The minimum absolute atomic E-state index is 0.118. The molecular formula is C17H19N3S. The molecule has 0 atom stereocenters. The maximum absolute atomic E-state index is 5.64. The molecule has 0 unspecified atom stereocenters. The van der Waals surface area contributed by atoms with Crippen molar-refractivity contribution < 1.29 is 0 Å². The van der Waals surface area contributed by atoms with Crippen molar-refractivity contribution >= 4 is 34.4 Å². The van der Waals surface area contributed by atoms with E-state index in [1.165, 1.54) is 11.3 Å². The van der Waals surface area contributed by atoms with Crippen molar-refractivity contribution in [3.8, 4) is 0 Å². The largest absolute Gasteiger partial charge is 0.376 e. The fourth-order valence-electron chi connectivity index (χ4n) is 3.01. The lowest BCUT2D eigenvalue weighted by Gasteiger charge is -2.25. The van der Waals surface area contributed by atoms with Gasteiger partial charge in [0.15, 0.2) is 5.11 Å². The monoisotopic (exact) mass is 297 g/mol. The SMILES string of the molecule is CC1(C)CN(c2ccccc2NC(N)=S)c2ccccc21. The molecular weight excluding hydrogens is 278 g/mol. The Hall–Kier alpha value is -2.07. The van der Waals surface area contributed by atoms with Crippen molar-refractivity contribution in [3.05, 3.63) is 54.1 Å². The molecule has 4 heteroatoms. The summed E-state index contributed by atoms with van der Waals surface area (Å²) >= 11 is 4.98. The van der Waals surface area contributed by atoms with Gasteiger partial charge in [-0.15, -0.1) is 0 Å². The number of hydrogen-bond acceptors (Lipinski definition) is 2. The average molecular weight is 297 g/mol. The van der Waals surface area contributed by atoms with Crippen LogP contribution < -0.4 is 16.0 Å². The first-order valence-electron chi connectivity index (χ1n) is 7.01. The maximum Gasteiger partial charge on any atom is 0.168 e.